The summed E-state index contributed by atoms with van der Waals surface area (Å²) in [5.74, 6) is -0.691. The normalized spacial score (nSPS) is 35.6. The Balaban J connectivity index is 1.83. The summed E-state index contributed by atoms with van der Waals surface area (Å²) >= 11 is 0. The number of nitrogens with two attached hydrogens (primary N) is 1. The first kappa shape index (κ1) is 15.7. The van der Waals surface area contributed by atoms with Crippen LogP contribution in [0.25, 0.3) is 0 Å². The number of hydrogen-bond acceptors (Lipinski definition) is 4. The van der Waals surface area contributed by atoms with E-state index in [9.17, 15) is 9.90 Å². The van der Waals surface area contributed by atoms with E-state index in [0.717, 1.165) is 32.4 Å². The Bertz CT molecular complexity index is 350. The Labute approximate surface area is 122 Å². The summed E-state index contributed by atoms with van der Waals surface area (Å²) in [5, 5.41) is 9.35. The molecular weight excluding hydrogens is 254 g/mol. The predicted octanol–water partition coefficient (Wildman–Crippen LogP) is 0.985. The summed E-state index contributed by atoms with van der Waals surface area (Å²) in [6.07, 6.45) is 5.94. The molecule has 1 aliphatic heterocycles. The number of rotatable bonds is 5. The van der Waals surface area contributed by atoms with E-state index in [0.29, 0.717) is 12.5 Å². The average molecular weight is 283 g/mol. The van der Waals surface area contributed by atoms with Crippen LogP contribution in [0, 0.1) is 5.92 Å². The van der Waals surface area contributed by atoms with E-state index in [4.69, 9.17) is 5.73 Å². The maximum Gasteiger partial charge on any atom is 0.323 e. The van der Waals surface area contributed by atoms with Crippen LogP contribution in [0.4, 0.5) is 0 Å². The minimum Gasteiger partial charge on any atom is -0.480 e. The topological polar surface area (TPSA) is 69.8 Å². The highest BCUT2D eigenvalue weighted by atomic mass is 16.4. The number of carbonyl (C=O) groups is 1. The van der Waals surface area contributed by atoms with Crippen molar-refractivity contribution in [1.82, 2.24) is 9.80 Å². The molecule has 1 saturated carbocycles. The molecular formula is C15H29N3O2. The molecule has 2 aliphatic rings. The molecule has 0 aromatic carbocycles. The van der Waals surface area contributed by atoms with E-state index >= 15 is 0 Å². The second-order valence-corrected chi connectivity index (χ2v) is 6.76. The Morgan fingerprint density at radius 1 is 1.45 bits per heavy atom. The molecule has 2 rings (SSSR count). The van der Waals surface area contributed by atoms with Gasteiger partial charge in [-0.05, 0) is 65.2 Å². The van der Waals surface area contributed by atoms with E-state index in [1.54, 1.807) is 0 Å². The van der Waals surface area contributed by atoms with E-state index in [1.165, 1.54) is 19.4 Å². The number of hydrogen-bond donors (Lipinski definition) is 2. The summed E-state index contributed by atoms with van der Waals surface area (Å²) in [7, 11) is 4.34. The summed E-state index contributed by atoms with van der Waals surface area (Å²) in [6, 6.07) is 0.604. The highest BCUT2D eigenvalue weighted by Crippen LogP contribution is 2.36. The number of carboxylic acids is 1. The van der Waals surface area contributed by atoms with Gasteiger partial charge < -0.3 is 20.6 Å². The van der Waals surface area contributed by atoms with Crippen LogP contribution < -0.4 is 5.73 Å². The van der Waals surface area contributed by atoms with Gasteiger partial charge in [0, 0.05) is 12.6 Å². The molecule has 3 N–H and O–H groups in total. The van der Waals surface area contributed by atoms with Crippen LogP contribution in [-0.2, 0) is 4.79 Å². The van der Waals surface area contributed by atoms with E-state index in [-0.39, 0.29) is 5.92 Å². The van der Waals surface area contributed by atoms with Crippen molar-refractivity contribution >= 4 is 5.97 Å². The fourth-order valence-corrected chi connectivity index (χ4v) is 3.83. The van der Waals surface area contributed by atoms with Crippen LogP contribution in [0.3, 0.4) is 0 Å². The van der Waals surface area contributed by atoms with Gasteiger partial charge in [0.25, 0.3) is 0 Å². The van der Waals surface area contributed by atoms with Gasteiger partial charge in [0.1, 0.15) is 5.54 Å². The Kier molecular flexibility index (Phi) is 5.04. The van der Waals surface area contributed by atoms with Crippen LogP contribution in [0.5, 0.6) is 0 Å². The molecule has 0 bridgehead atoms. The summed E-state index contributed by atoms with van der Waals surface area (Å²) in [6.45, 7) is 3.27. The van der Waals surface area contributed by atoms with Crippen LogP contribution in [0.1, 0.15) is 38.5 Å². The van der Waals surface area contributed by atoms with Gasteiger partial charge in [-0.1, -0.05) is 6.42 Å². The largest absolute Gasteiger partial charge is 0.480 e. The van der Waals surface area contributed by atoms with E-state index in [1.807, 2.05) is 0 Å². The van der Waals surface area contributed by atoms with Crippen molar-refractivity contribution < 1.29 is 9.90 Å². The zero-order valence-corrected chi connectivity index (χ0v) is 12.8. The summed E-state index contributed by atoms with van der Waals surface area (Å²) < 4.78 is 0. The minimum absolute atomic E-state index is 0.128. The molecule has 0 spiro atoms. The Morgan fingerprint density at radius 2 is 2.20 bits per heavy atom. The first-order chi connectivity index (χ1) is 9.43. The molecule has 0 aromatic rings. The molecule has 3 atom stereocenters. The lowest BCUT2D eigenvalue weighted by Gasteiger charge is -2.37. The van der Waals surface area contributed by atoms with Crippen LogP contribution in [-0.4, -0.2) is 66.2 Å². The fourth-order valence-electron chi connectivity index (χ4n) is 3.83. The quantitative estimate of drug-likeness (QED) is 0.787. The van der Waals surface area contributed by atoms with Crippen molar-refractivity contribution in [1.29, 1.82) is 0 Å². The van der Waals surface area contributed by atoms with Gasteiger partial charge in [-0.3, -0.25) is 4.79 Å². The number of nitrogens with zero attached hydrogens (tertiary/aromatic N) is 2. The molecule has 0 amide bonds. The van der Waals surface area contributed by atoms with Crippen molar-refractivity contribution in [2.24, 2.45) is 11.7 Å². The average Bonchev–Trinajstić information content (AvgIpc) is 2.79. The lowest BCUT2D eigenvalue weighted by Crippen LogP contribution is -2.52. The van der Waals surface area contributed by atoms with Crippen LogP contribution in [0.2, 0.25) is 0 Å². The van der Waals surface area contributed by atoms with Crippen molar-refractivity contribution in [3.63, 3.8) is 0 Å². The van der Waals surface area contributed by atoms with Gasteiger partial charge in [0.15, 0.2) is 0 Å². The maximum absolute atomic E-state index is 11.4. The molecule has 3 unspecified atom stereocenters. The zero-order valence-electron chi connectivity index (χ0n) is 12.8. The predicted molar refractivity (Wildman–Crippen MR) is 79.7 cm³/mol. The van der Waals surface area contributed by atoms with Gasteiger partial charge >= 0.3 is 5.97 Å². The third kappa shape index (κ3) is 3.32. The molecule has 116 valence electrons. The number of likely N-dealkylation sites (N-methyl/N-ethyl adjacent to an activating group) is 2. The molecule has 0 aromatic heterocycles. The minimum atomic E-state index is -0.982. The number of aliphatic carboxylic acids is 1. The first-order valence-electron chi connectivity index (χ1n) is 7.84. The van der Waals surface area contributed by atoms with Crippen molar-refractivity contribution in [2.75, 3.05) is 33.7 Å². The lowest BCUT2D eigenvalue weighted by atomic mass is 9.85. The molecule has 0 radical (unpaired) electrons. The highest BCUT2D eigenvalue weighted by Gasteiger charge is 2.45. The molecule has 2 fully saturated rings. The summed E-state index contributed by atoms with van der Waals surface area (Å²) in [5.41, 5.74) is 5.12. The molecule has 20 heavy (non-hydrogen) atoms. The van der Waals surface area contributed by atoms with Crippen molar-refractivity contribution in [3.05, 3.63) is 0 Å². The smallest absolute Gasteiger partial charge is 0.323 e. The number of carboxylic acid groups (broad SMARTS) is 1. The fraction of sp³-hybridized carbons (Fsp3) is 0.933. The first-order valence-corrected chi connectivity index (χ1v) is 7.84. The second-order valence-electron chi connectivity index (χ2n) is 6.76. The van der Waals surface area contributed by atoms with E-state index < -0.39 is 11.5 Å². The third-order valence-electron chi connectivity index (χ3n) is 5.32. The molecule has 1 saturated heterocycles. The van der Waals surface area contributed by atoms with Crippen molar-refractivity contribution in [2.45, 2.75) is 50.1 Å². The SMILES string of the molecule is CN1CCCC(N(C)CCC2CCCC2(N)C(=O)O)C1. The number of piperidine rings is 1. The monoisotopic (exact) mass is 283 g/mol. The second kappa shape index (κ2) is 6.41. The standard InChI is InChI=1S/C15H29N3O2/c1-17-9-4-6-13(11-17)18(2)10-7-12-5-3-8-15(12,16)14(19)20/h12-13H,3-11,16H2,1-2H3,(H,19,20). The highest BCUT2D eigenvalue weighted by molar-refractivity contribution is 5.79. The summed E-state index contributed by atoms with van der Waals surface area (Å²) in [4.78, 5) is 16.2. The van der Waals surface area contributed by atoms with Gasteiger partial charge in [-0.15, -0.1) is 0 Å². The van der Waals surface area contributed by atoms with E-state index in [2.05, 4.69) is 23.9 Å². The van der Waals surface area contributed by atoms with Gasteiger partial charge in [0.05, 0.1) is 0 Å². The molecule has 1 heterocycles. The molecule has 5 nitrogen and oxygen atoms in total. The molecule has 5 heteroatoms. The molecule has 1 aliphatic carbocycles. The van der Waals surface area contributed by atoms with Crippen LogP contribution >= 0.6 is 0 Å². The zero-order chi connectivity index (χ0) is 14.8. The number of likely N-dealkylation sites (tertiary alicyclic amines) is 1. The van der Waals surface area contributed by atoms with Gasteiger partial charge in [-0.2, -0.15) is 0 Å². The van der Waals surface area contributed by atoms with Gasteiger partial charge in [-0.25, -0.2) is 0 Å². The Hall–Kier alpha value is -0.650. The lowest BCUT2D eigenvalue weighted by molar-refractivity contribution is -0.144. The van der Waals surface area contributed by atoms with Crippen molar-refractivity contribution in [3.8, 4) is 0 Å². The van der Waals surface area contributed by atoms with Gasteiger partial charge in [0.2, 0.25) is 0 Å². The third-order valence-corrected chi connectivity index (χ3v) is 5.32. The Morgan fingerprint density at radius 3 is 2.85 bits per heavy atom. The van der Waals surface area contributed by atoms with Crippen LogP contribution in [0.15, 0.2) is 0 Å². The maximum atomic E-state index is 11.4.